The molecule has 1 N–H and O–H groups in total. The predicted molar refractivity (Wildman–Crippen MR) is 74.8 cm³/mol. The summed E-state index contributed by atoms with van der Waals surface area (Å²) in [4.78, 5) is 0. The van der Waals surface area contributed by atoms with Gasteiger partial charge in [-0.1, -0.05) is 18.2 Å². The molecule has 3 nitrogen and oxygen atoms in total. The van der Waals surface area contributed by atoms with Crippen LogP contribution in [0.3, 0.4) is 0 Å². The van der Waals surface area contributed by atoms with Crippen LogP contribution in [0.2, 0.25) is 0 Å². The second-order valence-electron chi connectivity index (χ2n) is 5.32. The summed E-state index contributed by atoms with van der Waals surface area (Å²) in [5.74, 6) is 0.767. The highest BCUT2D eigenvalue weighted by Gasteiger charge is 2.41. The van der Waals surface area contributed by atoms with Crippen LogP contribution in [-0.4, -0.2) is 22.2 Å². The summed E-state index contributed by atoms with van der Waals surface area (Å²) in [5.41, 5.74) is 2.68. The standard InChI is InChI=1S/C14H18ClN3/c1-18-13-5-3-2-4-11(13)12(17-18)8-16-10-14(9-15)6-7-14/h2-5,16H,6-10H2,1H3. The Morgan fingerprint density at radius 1 is 1.39 bits per heavy atom. The third-order valence-electron chi connectivity index (χ3n) is 3.87. The average Bonchev–Trinajstić information content (AvgIpc) is 3.11. The number of aryl methyl sites for hydroxylation is 1. The number of hydrogen-bond acceptors (Lipinski definition) is 2. The molecule has 0 bridgehead atoms. The quantitative estimate of drug-likeness (QED) is 0.841. The molecule has 4 heteroatoms. The summed E-state index contributed by atoms with van der Waals surface area (Å²) in [6.07, 6.45) is 2.51. The molecule has 1 saturated carbocycles. The minimum atomic E-state index is 0.367. The van der Waals surface area contributed by atoms with Crippen molar-refractivity contribution in [1.82, 2.24) is 15.1 Å². The number of alkyl halides is 1. The molecule has 0 radical (unpaired) electrons. The van der Waals surface area contributed by atoms with Gasteiger partial charge in [-0.25, -0.2) is 0 Å². The van der Waals surface area contributed by atoms with Crippen LogP contribution in [-0.2, 0) is 13.6 Å². The number of benzene rings is 1. The minimum Gasteiger partial charge on any atom is -0.310 e. The van der Waals surface area contributed by atoms with Gasteiger partial charge in [0.15, 0.2) is 0 Å². The fourth-order valence-electron chi connectivity index (χ4n) is 2.40. The number of rotatable bonds is 5. The zero-order chi connectivity index (χ0) is 12.6. The fraction of sp³-hybridized carbons (Fsp3) is 0.500. The van der Waals surface area contributed by atoms with Crippen molar-refractivity contribution in [2.75, 3.05) is 12.4 Å². The van der Waals surface area contributed by atoms with Crippen LogP contribution in [0.15, 0.2) is 24.3 Å². The summed E-state index contributed by atoms with van der Waals surface area (Å²) >= 11 is 5.98. The Balaban J connectivity index is 1.71. The van der Waals surface area contributed by atoms with Crippen molar-refractivity contribution < 1.29 is 0 Å². The third-order valence-corrected chi connectivity index (χ3v) is 4.43. The molecule has 0 atom stereocenters. The normalized spacial score (nSPS) is 17.2. The van der Waals surface area contributed by atoms with Crippen LogP contribution < -0.4 is 5.32 Å². The molecule has 0 unspecified atom stereocenters. The second-order valence-corrected chi connectivity index (χ2v) is 5.59. The average molecular weight is 264 g/mol. The Kier molecular flexibility index (Phi) is 3.04. The maximum atomic E-state index is 5.98. The number of nitrogens with one attached hydrogen (secondary N) is 1. The van der Waals surface area contributed by atoms with Crippen molar-refractivity contribution in [3.8, 4) is 0 Å². The molecule has 1 aromatic carbocycles. The first-order chi connectivity index (χ1) is 8.74. The van der Waals surface area contributed by atoms with E-state index in [1.807, 2.05) is 17.8 Å². The lowest BCUT2D eigenvalue weighted by molar-refractivity contribution is 0.501. The van der Waals surface area contributed by atoms with E-state index in [4.69, 9.17) is 11.6 Å². The lowest BCUT2D eigenvalue weighted by atomic mass is 10.1. The molecule has 18 heavy (non-hydrogen) atoms. The Morgan fingerprint density at radius 3 is 2.89 bits per heavy atom. The van der Waals surface area contributed by atoms with E-state index in [-0.39, 0.29) is 0 Å². The summed E-state index contributed by atoms with van der Waals surface area (Å²) < 4.78 is 1.95. The summed E-state index contributed by atoms with van der Waals surface area (Å²) in [6, 6.07) is 8.35. The van der Waals surface area contributed by atoms with E-state index in [0.717, 1.165) is 24.7 Å². The zero-order valence-electron chi connectivity index (χ0n) is 10.6. The van der Waals surface area contributed by atoms with Gasteiger partial charge in [0.1, 0.15) is 0 Å². The maximum absolute atomic E-state index is 5.98. The summed E-state index contributed by atoms with van der Waals surface area (Å²) in [7, 11) is 1.99. The van der Waals surface area contributed by atoms with Gasteiger partial charge in [-0.15, -0.1) is 11.6 Å². The van der Waals surface area contributed by atoms with Crippen molar-refractivity contribution in [3.63, 3.8) is 0 Å². The van der Waals surface area contributed by atoms with Crippen LogP contribution in [0, 0.1) is 5.41 Å². The smallest absolute Gasteiger partial charge is 0.0841 e. The van der Waals surface area contributed by atoms with Crippen molar-refractivity contribution in [2.24, 2.45) is 12.5 Å². The molecule has 2 aromatic rings. The number of para-hydroxylation sites is 1. The first-order valence-corrected chi connectivity index (χ1v) is 6.95. The van der Waals surface area contributed by atoms with Gasteiger partial charge < -0.3 is 5.32 Å². The van der Waals surface area contributed by atoms with Gasteiger partial charge in [0.25, 0.3) is 0 Å². The number of fused-ring (bicyclic) bond motifs is 1. The molecular weight excluding hydrogens is 246 g/mol. The number of hydrogen-bond donors (Lipinski definition) is 1. The molecule has 0 amide bonds. The maximum Gasteiger partial charge on any atom is 0.0841 e. The van der Waals surface area contributed by atoms with Gasteiger partial charge in [-0.2, -0.15) is 5.10 Å². The van der Waals surface area contributed by atoms with Gasteiger partial charge in [0.05, 0.1) is 11.2 Å². The SMILES string of the molecule is Cn1nc(CNCC2(CCl)CC2)c2ccccc21. The molecule has 3 rings (SSSR count). The summed E-state index contributed by atoms with van der Waals surface area (Å²) in [6.45, 7) is 1.82. The molecule has 1 fully saturated rings. The minimum absolute atomic E-state index is 0.367. The highest BCUT2D eigenvalue weighted by Crippen LogP contribution is 2.45. The van der Waals surface area contributed by atoms with E-state index >= 15 is 0 Å². The topological polar surface area (TPSA) is 29.9 Å². The monoisotopic (exact) mass is 263 g/mol. The van der Waals surface area contributed by atoms with E-state index in [2.05, 4.69) is 28.6 Å². The van der Waals surface area contributed by atoms with Gasteiger partial charge in [0.2, 0.25) is 0 Å². The fourth-order valence-corrected chi connectivity index (χ4v) is 2.76. The number of halogens is 1. The summed E-state index contributed by atoms with van der Waals surface area (Å²) in [5, 5.41) is 9.32. The van der Waals surface area contributed by atoms with Gasteiger partial charge in [-0.05, 0) is 24.3 Å². The lowest BCUT2D eigenvalue weighted by Gasteiger charge is -2.11. The predicted octanol–water partition coefficient (Wildman–Crippen LogP) is 2.68. The van der Waals surface area contributed by atoms with Crippen LogP contribution in [0.5, 0.6) is 0 Å². The van der Waals surface area contributed by atoms with E-state index in [1.165, 1.54) is 23.7 Å². The van der Waals surface area contributed by atoms with E-state index in [1.54, 1.807) is 0 Å². The Hall–Kier alpha value is -1.06. The first kappa shape index (κ1) is 12.0. The molecule has 1 aromatic heterocycles. The van der Waals surface area contributed by atoms with Crippen LogP contribution in [0.1, 0.15) is 18.5 Å². The lowest BCUT2D eigenvalue weighted by Crippen LogP contribution is -2.25. The van der Waals surface area contributed by atoms with Crippen molar-refractivity contribution in [1.29, 1.82) is 0 Å². The number of aromatic nitrogens is 2. The van der Waals surface area contributed by atoms with Crippen LogP contribution in [0.25, 0.3) is 10.9 Å². The molecular formula is C14H18ClN3. The Morgan fingerprint density at radius 2 is 2.17 bits per heavy atom. The van der Waals surface area contributed by atoms with Crippen molar-refractivity contribution in [3.05, 3.63) is 30.0 Å². The van der Waals surface area contributed by atoms with Gasteiger partial charge >= 0.3 is 0 Å². The van der Waals surface area contributed by atoms with Crippen molar-refractivity contribution >= 4 is 22.5 Å². The van der Waals surface area contributed by atoms with Crippen LogP contribution >= 0.6 is 11.6 Å². The van der Waals surface area contributed by atoms with Crippen molar-refractivity contribution in [2.45, 2.75) is 19.4 Å². The first-order valence-electron chi connectivity index (χ1n) is 6.41. The van der Waals surface area contributed by atoms with Gasteiger partial charge in [-0.3, -0.25) is 4.68 Å². The van der Waals surface area contributed by atoms with E-state index in [9.17, 15) is 0 Å². The van der Waals surface area contributed by atoms with E-state index < -0.39 is 0 Å². The number of nitrogens with zero attached hydrogens (tertiary/aromatic N) is 2. The molecule has 96 valence electrons. The molecule has 0 spiro atoms. The molecule has 0 aliphatic heterocycles. The largest absolute Gasteiger partial charge is 0.310 e. The van der Waals surface area contributed by atoms with E-state index in [0.29, 0.717) is 5.41 Å². The second kappa shape index (κ2) is 4.56. The highest BCUT2D eigenvalue weighted by atomic mass is 35.5. The molecule has 1 heterocycles. The molecule has 1 aliphatic rings. The van der Waals surface area contributed by atoms with Gasteiger partial charge in [0, 0.05) is 31.4 Å². The van der Waals surface area contributed by atoms with Crippen LogP contribution in [0.4, 0.5) is 0 Å². The third kappa shape index (κ3) is 2.13. The molecule has 1 aliphatic carbocycles. The molecule has 0 saturated heterocycles. The Bertz CT molecular complexity index is 557. The highest BCUT2D eigenvalue weighted by molar-refractivity contribution is 6.18. The zero-order valence-corrected chi connectivity index (χ0v) is 11.4. The Labute approximate surface area is 112 Å².